The number of carbonyl (C=O) groups is 3. The van der Waals surface area contributed by atoms with Gasteiger partial charge in [-0.2, -0.15) is 0 Å². The topological polar surface area (TPSA) is 83.7 Å². The van der Waals surface area contributed by atoms with Gasteiger partial charge in [-0.05, 0) is 38.8 Å². The maximum absolute atomic E-state index is 12.7. The highest BCUT2D eigenvalue weighted by atomic mass is 16.2. The monoisotopic (exact) mass is 307 g/mol. The fraction of sp³-hybridized carbons (Fsp3) is 0.812. The van der Waals surface area contributed by atoms with E-state index in [1.807, 2.05) is 0 Å². The molecule has 2 N–H and O–H groups in total. The highest BCUT2D eigenvalue weighted by Gasteiger charge is 2.45. The Hall–Kier alpha value is -1.43. The van der Waals surface area contributed by atoms with E-state index in [1.165, 1.54) is 6.42 Å². The van der Waals surface area contributed by atoms with Crippen LogP contribution in [0, 0.1) is 5.92 Å². The Balaban J connectivity index is 1.63. The van der Waals surface area contributed by atoms with E-state index in [0.717, 1.165) is 25.7 Å². The standard InChI is InChI=1S/C16H25N3O3/c17-15(21)11-6-8-18(9-7-11)13-10-14(20)19(16(13)22)12-4-2-1-3-5-12/h11-13H,1-10H2,(H2,17,21)/t13-/m1/s1. The number of rotatable bonds is 3. The average molecular weight is 307 g/mol. The normalized spacial score (nSPS) is 29.3. The summed E-state index contributed by atoms with van der Waals surface area (Å²) in [6.07, 6.45) is 7.01. The van der Waals surface area contributed by atoms with E-state index in [4.69, 9.17) is 5.73 Å². The van der Waals surface area contributed by atoms with E-state index in [2.05, 4.69) is 4.90 Å². The van der Waals surface area contributed by atoms with Gasteiger partial charge in [0.15, 0.2) is 0 Å². The predicted octanol–water partition coefficient (Wildman–Crippen LogP) is 0.644. The molecule has 2 saturated heterocycles. The second kappa shape index (κ2) is 6.36. The Morgan fingerprint density at radius 2 is 1.64 bits per heavy atom. The first-order valence-corrected chi connectivity index (χ1v) is 8.47. The average Bonchev–Trinajstić information content (AvgIpc) is 2.83. The fourth-order valence-corrected chi connectivity index (χ4v) is 4.14. The van der Waals surface area contributed by atoms with Crippen molar-refractivity contribution in [1.29, 1.82) is 0 Å². The summed E-state index contributed by atoms with van der Waals surface area (Å²) in [7, 11) is 0. The third-order valence-corrected chi connectivity index (χ3v) is 5.47. The van der Waals surface area contributed by atoms with Gasteiger partial charge in [0.25, 0.3) is 0 Å². The van der Waals surface area contributed by atoms with Crippen molar-refractivity contribution in [2.75, 3.05) is 13.1 Å². The molecule has 1 atom stereocenters. The van der Waals surface area contributed by atoms with Crippen molar-refractivity contribution >= 4 is 17.7 Å². The zero-order valence-electron chi connectivity index (χ0n) is 13.0. The molecule has 0 spiro atoms. The Bertz CT molecular complexity index is 465. The molecular weight excluding hydrogens is 282 g/mol. The Morgan fingerprint density at radius 1 is 1.00 bits per heavy atom. The van der Waals surface area contributed by atoms with Crippen molar-refractivity contribution in [3.63, 3.8) is 0 Å². The van der Waals surface area contributed by atoms with E-state index in [9.17, 15) is 14.4 Å². The number of amides is 3. The quantitative estimate of drug-likeness (QED) is 0.776. The van der Waals surface area contributed by atoms with E-state index < -0.39 is 0 Å². The van der Waals surface area contributed by atoms with Crippen molar-refractivity contribution in [2.45, 2.75) is 63.5 Å². The highest BCUT2D eigenvalue weighted by Crippen LogP contribution is 2.30. The van der Waals surface area contributed by atoms with Crippen molar-refractivity contribution in [1.82, 2.24) is 9.80 Å². The Morgan fingerprint density at radius 3 is 2.23 bits per heavy atom. The van der Waals surface area contributed by atoms with Crippen LogP contribution in [0.2, 0.25) is 0 Å². The van der Waals surface area contributed by atoms with Crippen molar-refractivity contribution in [3.8, 4) is 0 Å². The zero-order valence-corrected chi connectivity index (χ0v) is 13.0. The lowest BCUT2D eigenvalue weighted by Gasteiger charge is -2.34. The molecule has 1 aliphatic carbocycles. The molecule has 0 unspecified atom stereocenters. The molecule has 2 heterocycles. The first-order chi connectivity index (χ1) is 10.6. The summed E-state index contributed by atoms with van der Waals surface area (Å²) < 4.78 is 0. The summed E-state index contributed by atoms with van der Waals surface area (Å²) in [5.74, 6) is -0.372. The van der Waals surface area contributed by atoms with Gasteiger partial charge < -0.3 is 5.73 Å². The molecule has 3 fully saturated rings. The molecule has 3 rings (SSSR count). The number of primary amides is 1. The molecule has 6 nitrogen and oxygen atoms in total. The van der Waals surface area contributed by atoms with Gasteiger partial charge in [0.2, 0.25) is 17.7 Å². The molecule has 22 heavy (non-hydrogen) atoms. The van der Waals surface area contributed by atoms with Crippen LogP contribution in [0.5, 0.6) is 0 Å². The Kier molecular flexibility index (Phi) is 4.47. The highest BCUT2D eigenvalue weighted by molar-refractivity contribution is 6.05. The molecule has 6 heteroatoms. The predicted molar refractivity (Wildman–Crippen MR) is 80.6 cm³/mol. The SMILES string of the molecule is NC(=O)C1CCN([C@@H]2CC(=O)N(C3CCCCC3)C2=O)CC1. The van der Waals surface area contributed by atoms with Gasteiger partial charge in [0, 0.05) is 12.0 Å². The second-order valence-electron chi connectivity index (χ2n) is 6.83. The molecule has 3 amide bonds. The van der Waals surface area contributed by atoms with Gasteiger partial charge in [0.05, 0.1) is 12.5 Å². The lowest BCUT2D eigenvalue weighted by atomic mass is 9.94. The van der Waals surface area contributed by atoms with Gasteiger partial charge in [-0.15, -0.1) is 0 Å². The third kappa shape index (κ3) is 2.89. The van der Waals surface area contributed by atoms with Crippen LogP contribution in [0.15, 0.2) is 0 Å². The summed E-state index contributed by atoms with van der Waals surface area (Å²) in [5.41, 5.74) is 5.35. The van der Waals surface area contributed by atoms with E-state index in [0.29, 0.717) is 32.4 Å². The molecule has 0 aromatic heterocycles. The number of nitrogens with two attached hydrogens (primary N) is 1. The van der Waals surface area contributed by atoms with Gasteiger partial charge >= 0.3 is 0 Å². The molecule has 122 valence electrons. The van der Waals surface area contributed by atoms with Gasteiger partial charge in [-0.25, -0.2) is 0 Å². The van der Waals surface area contributed by atoms with Gasteiger partial charge in [-0.3, -0.25) is 24.2 Å². The number of likely N-dealkylation sites (tertiary alicyclic amines) is 2. The van der Waals surface area contributed by atoms with Crippen LogP contribution in [0.3, 0.4) is 0 Å². The Labute approximate surface area is 131 Å². The number of piperidine rings is 1. The van der Waals surface area contributed by atoms with Crippen LogP contribution in [0.25, 0.3) is 0 Å². The van der Waals surface area contributed by atoms with E-state index in [-0.39, 0.29) is 35.7 Å². The molecule has 1 saturated carbocycles. The summed E-state index contributed by atoms with van der Waals surface area (Å²) in [5, 5.41) is 0. The largest absolute Gasteiger partial charge is 0.369 e. The maximum atomic E-state index is 12.7. The molecule has 0 bridgehead atoms. The van der Waals surface area contributed by atoms with E-state index in [1.54, 1.807) is 4.90 Å². The lowest BCUT2D eigenvalue weighted by molar-refractivity contribution is -0.143. The summed E-state index contributed by atoms with van der Waals surface area (Å²) >= 11 is 0. The van der Waals surface area contributed by atoms with Crippen LogP contribution in [0.4, 0.5) is 0 Å². The first-order valence-electron chi connectivity index (χ1n) is 8.47. The molecular formula is C16H25N3O3. The van der Waals surface area contributed by atoms with Crippen molar-refractivity contribution in [2.24, 2.45) is 11.7 Å². The third-order valence-electron chi connectivity index (χ3n) is 5.47. The summed E-state index contributed by atoms with van der Waals surface area (Å²) in [6.45, 7) is 1.35. The number of hydrogen-bond donors (Lipinski definition) is 1. The van der Waals surface area contributed by atoms with Crippen LogP contribution in [0.1, 0.15) is 51.4 Å². The minimum Gasteiger partial charge on any atom is -0.369 e. The smallest absolute Gasteiger partial charge is 0.247 e. The minimum atomic E-state index is -0.316. The maximum Gasteiger partial charge on any atom is 0.247 e. The number of hydrogen-bond acceptors (Lipinski definition) is 4. The zero-order chi connectivity index (χ0) is 15.7. The second-order valence-corrected chi connectivity index (χ2v) is 6.83. The van der Waals surface area contributed by atoms with Gasteiger partial charge in [-0.1, -0.05) is 19.3 Å². The number of carbonyl (C=O) groups excluding carboxylic acids is 3. The molecule has 2 aliphatic heterocycles. The summed E-state index contributed by atoms with van der Waals surface area (Å²) in [6, 6.07) is -0.204. The molecule has 0 aromatic carbocycles. The van der Waals surface area contributed by atoms with E-state index >= 15 is 0 Å². The van der Waals surface area contributed by atoms with Crippen molar-refractivity contribution < 1.29 is 14.4 Å². The van der Waals surface area contributed by atoms with Crippen LogP contribution in [-0.4, -0.2) is 52.7 Å². The van der Waals surface area contributed by atoms with Crippen LogP contribution >= 0.6 is 0 Å². The molecule has 3 aliphatic rings. The van der Waals surface area contributed by atoms with Crippen molar-refractivity contribution in [3.05, 3.63) is 0 Å². The van der Waals surface area contributed by atoms with Crippen LogP contribution in [-0.2, 0) is 14.4 Å². The van der Waals surface area contributed by atoms with Crippen LogP contribution < -0.4 is 5.73 Å². The number of nitrogens with zero attached hydrogens (tertiary/aromatic N) is 2. The van der Waals surface area contributed by atoms with Gasteiger partial charge in [0.1, 0.15) is 0 Å². The fourth-order valence-electron chi connectivity index (χ4n) is 4.14. The first kappa shape index (κ1) is 15.5. The number of imide groups is 1. The minimum absolute atomic E-state index is 0.0149. The summed E-state index contributed by atoms with van der Waals surface area (Å²) in [4.78, 5) is 39.9. The lowest BCUT2D eigenvalue weighted by Crippen LogP contribution is -2.49. The molecule has 0 radical (unpaired) electrons. The molecule has 0 aromatic rings.